The Bertz CT molecular complexity index is 2150. The summed E-state index contributed by atoms with van der Waals surface area (Å²) < 4.78 is 54.9. The van der Waals surface area contributed by atoms with E-state index < -0.39 is 32.5 Å². The van der Waals surface area contributed by atoms with E-state index in [1.807, 2.05) is 16.7 Å². The van der Waals surface area contributed by atoms with E-state index >= 15 is 0 Å². The average Bonchev–Trinajstić information content (AvgIpc) is 3.85. The van der Waals surface area contributed by atoms with Gasteiger partial charge in [-0.1, -0.05) is 17.5 Å². The maximum atomic E-state index is 14.6. The van der Waals surface area contributed by atoms with Gasteiger partial charge in [0, 0.05) is 30.9 Å². The number of piperidine rings is 1. The van der Waals surface area contributed by atoms with Crippen LogP contribution in [0.4, 0.5) is 10.5 Å². The van der Waals surface area contributed by atoms with Gasteiger partial charge in [-0.05, 0) is 82.7 Å². The maximum absolute atomic E-state index is 14.6. The van der Waals surface area contributed by atoms with E-state index in [9.17, 15) is 22.8 Å². The first-order valence-corrected chi connectivity index (χ1v) is 22.5. The third-order valence-corrected chi connectivity index (χ3v) is 12.8. The Morgan fingerprint density at radius 3 is 2.27 bits per heavy atom. The number of aromatic nitrogens is 3. The molecule has 1 saturated heterocycles. The van der Waals surface area contributed by atoms with Gasteiger partial charge in [0.2, 0.25) is 11.8 Å². The number of terminal acetylenes is 1. The molecule has 326 valence electrons. The van der Waals surface area contributed by atoms with Crippen LogP contribution in [-0.4, -0.2) is 134 Å². The molecule has 0 radical (unpaired) electrons. The normalized spacial score (nSPS) is 16.9. The number of likely N-dealkylation sites (tertiary alicyclic amines) is 1. The van der Waals surface area contributed by atoms with Crippen LogP contribution in [0.2, 0.25) is 5.02 Å². The third-order valence-electron chi connectivity index (χ3n) is 10.8. The molecule has 2 aromatic heterocycles. The molecule has 6 rings (SSSR count). The first kappa shape index (κ1) is 45.2. The fourth-order valence-electron chi connectivity index (χ4n) is 7.73. The van der Waals surface area contributed by atoms with Gasteiger partial charge in [0.15, 0.2) is 9.84 Å². The molecular weight excluding hydrogens is 816 g/mol. The number of halogens is 1. The molecular formula is C42H55ClN6O10S. The van der Waals surface area contributed by atoms with E-state index in [1.54, 1.807) is 55.1 Å². The van der Waals surface area contributed by atoms with Crippen molar-refractivity contribution in [2.75, 3.05) is 82.4 Å². The van der Waals surface area contributed by atoms with Crippen molar-refractivity contribution in [1.82, 2.24) is 24.8 Å². The van der Waals surface area contributed by atoms with Crippen molar-refractivity contribution in [3.05, 3.63) is 53.1 Å². The minimum Gasteiger partial charge on any atom is -0.444 e. The summed E-state index contributed by atoms with van der Waals surface area (Å²) in [6.45, 7) is 8.92. The lowest BCUT2D eigenvalue weighted by molar-refractivity contribution is -0.138. The molecule has 0 atom stereocenters. The van der Waals surface area contributed by atoms with E-state index in [-0.39, 0.29) is 49.7 Å². The molecule has 1 spiro atoms. The zero-order valence-electron chi connectivity index (χ0n) is 34.6. The number of carbonyl (C=O) groups is 3. The number of imidazole rings is 1. The van der Waals surface area contributed by atoms with Gasteiger partial charge in [0.25, 0.3) is 0 Å². The van der Waals surface area contributed by atoms with Gasteiger partial charge in [-0.2, -0.15) is 0 Å². The van der Waals surface area contributed by atoms with Gasteiger partial charge in [-0.3, -0.25) is 14.6 Å². The van der Waals surface area contributed by atoms with Crippen molar-refractivity contribution >= 4 is 56.1 Å². The number of nitrogens with zero attached hydrogens (tertiary/aromatic N) is 5. The Balaban J connectivity index is 1.04. The van der Waals surface area contributed by atoms with Crippen molar-refractivity contribution in [1.29, 1.82) is 0 Å². The number of aryl methyl sites for hydroxylation is 1. The van der Waals surface area contributed by atoms with Crippen molar-refractivity contribution in [3.63, 3.8) is 0 Å². The van der Waals surface area contributed by atoms with Crippen LogP contribution < -0.4 is 10.2 Å². The number of sulfone groups is 1. The molecule has 4 heterocycles. The molecule has 1 aliphatic carbocycles. The number of hydrogen-bond acceptors (Lipinski definition) is 12. The summed E-state index contributed by atoms with van der Waals surface area (Å²) in [5.41, 5.74) is 0.366. The predicted octanol–water partition coefficient (Wildman–Crippen LogP) is 4.05. The zero-order valence-corrected chi connectivity index (χ0v) is 36.2. The smallest absolute Gasteiger partial charge is 0.408 e. The molecule has 3 amide bonds. The highest BCUT2D eigenvalue weighted by atomic mass is 35.5. The van der Waals surface area contributed by atoms with Crippen LogP contribution in [0.1, 0.15) is 64.3 Å². The molecule has 18 heteroatoms. The number of benzene rings is 1. The number of nitrogens with one attached hydrogen (secondary N) is 1. The summed E-state index contributed by atoms with van der Waals surface area (Å²) in [5, 5.41) is 3.31. The molecule has 3 aromatic rings. The highest BCUT2D eigenvalue weighted by Crippen LogP contribution is 2.49. The highest BCUT2D eigenvalue weighted by molar-refractivity contribution is 7.91. The predicted molar refractivity (Wildman–Crippen MR) is 224 cm³/mol. The number of pyridine rings is 1. The van der Waals surface area contributed by atoms with Crippen LogP contribution in [0.5, 0.6) is 0 Å². The number of rotatable bonds is 21. The van der Waals surface area contributed by atoms with Crippen LogP contribution in [0.15, 0.2) is 36.7 Å². The Morgan fingerprint density at radius 2 is 1.62 bits per heavy atom. The van der Waals surface area contributed by atoms with Crippen LogP contribution in [-0.2, 0) is 61.6 Å². The van der Waals surface area contributed by atoms with Crippen LogP contribution >= 0.6 is 11.6 Å². The van der Waals surface area contributed by atoms with Gasteiger partial charge in [0.05, 0.1) is 92.6 Å². The Hall–Kier alpha value is -4.31. The molecule has 2 aliphatic heterocycles. The summed E-state index contributed by atoms with van der Waals surface area (Å²) >= 11 is 6.36. The lowest BCUT2D eigenvalue weighted by Gasteiger charge is -2.40. The van der Waals surface area contributed by atoms with Gasteiger partial charge in [-0.25, -0.2) is 18.2 Å². The van der Waals surface area contributed by atoms with Gasteiger partial charge in [-0.15, -0.1) is 6.42 Å². The summed E-state index contributed by atoms with van der Waals surface area (Å²) in [5.74, 6) is 2.50. The number of carbonyl (C=O) groups excluding carboxylic acids is 3. The molecule has 1 aromatic carbocycles. The van der Waals surface area contributed by atoms with Gasteiger partial charge >= 0.3 is 6.09 Å². The monoisotopic (exact) mass is 870 g/mol. The second kappa shape index (κ2) is 19.6. The van der Waals surface area contributed by atoms with E-state index in [2.05, 4.69) is 16.2 Å². The quantitative estimate of drug-likeness (QED) is 0.120. The molecule has 2 fully saturated rings. The number of anilines is 1. The Labute approximate surface area is 356 Å². The molecule has 16 nitrogen and oxygen atoms in total. The van der Waals surface area contributed by atoms with Gasteiger partial charge < -0.3 is 43.4 Å². The van der Waals surface area contributed by atoms with Crippen molar-refractivity contribution in [2.24, 2.45) is 0 Å². The standard InChI is InChI=1S/C42H55ClN6O10S/c1-5-18-55-19-20-56-21-22-57-23-24-58-25-27-60(53,54)26-6-15-48-34-8-7-31(43)28-33(34)45-36(48)30-49-35-29-44-14-9-32(35)41(37(49)50)12-16-47(17-13-41)38(51)42(10-11-42)46-39(52)59-40(2,3)4/h1,7-9,14,28-29H,6,10-13,15-27,30H2,2-4H3,(H,46,52). The minimum atomic E-state index is -3.43. The number of hydrogen-bond donors (Lipinski definition) is 1. The average molecular weight is 871 g/mol. The van der Waals surface area contributed by atoms with Crippen LogP contribution in [0, 0.1) is 12.3 Å². The number of amides is 3. The van der Waals surface area contributed by atoms with Gasteiger partial charge in [0.1, 0.15) is 23.6 Å². The van der Waals surface area contributed by atoms with E-state index in [1.165, 1.54) is 0 Å². The summed E-state index contributed by atoms with van der Waals surface area (Å²) in [6, 6.07) is 7.23. The Kier molecular flexibility index (Phi) is 14.8. The van der Waals surface area contributed by atoms with Crippen molar-refractivity contribution in [3.8, 4) is 12.3 Å². The summed E-state index contributed by atoms with van der Waals surface area (Å²) in [7, 11) is -3.43. The molecule has 1 N–H and O–H groups in total. The molecule has 1 saturated carbocycles. The fourth-order valence-corrected chi connectivity index (χ4v) is 9.04. The summed E-state index contributed by atoms with van der Waals surface area (Å²) in [4.78, 5) is 53.7. The van der Waals surface area contributed by atoms with E-state index in [0.29, 0.717) is 107 Å². The van der Waals surface area contributed by atoms with Crippen molar-refractivity contribution in [2.45, 2.75) is 82.5 Å². The number of fused-ring (bicyclic) bond motifs is 3. The molecule has 0 unspecified atom stereocenters. The maximum Gasteiger partial charge on any atom is 0.408 e. The largest absolute Gasteiger partial charge is 0.444 e. The lowest BCUT2D eigenvalue weighted by Crippen LogP contribution is -2.56. The second-order valence-corrected chi connectivity index (χ2v) is 19.0. The van der Waals surface area contributed by atoms with Crippen LogP contribution in [0.3, 0.4) is 0 Å². The number of ether oxygens (including phenoxy) is 5. The van der Waals surface area contributed by atoms with E-state index in [0.717, 1.165) is 11.1 Å². The molecule has 0 bridgehead atoms. The first-order valence-electron chi connectivity index (χ1n) is 20.3. The fraction of sp³-hybridized carbons (Fsp3) is 0.595. The second-order valence-electron chi connectivity index (χ2n) is 16.3. The Morgan fingerprint density at radius 1 is 0.950 bits per heavy atom. The topological polar surface area (TPSA) is 181 Å². The van der Waals surface area contributed by atoms with Crippen molar-refractivity contribution < 1.29 is 46.5 Å². The molecule has 3 aliphatic rings. The lowest BCUT2D eigenvalue weighted by atomic mass is 9.74. The SMILES string of the molecule is C#CCOCCOCCOCCOCCS(=O)(=O)CCCn1c(CN2C(=O)C3(CCN(C(=O)C4(NC(=O)OC(C)(C)C)CC4)CC3)c3ccncc32)nc2cc(Cl)ccc21. The highest BCUT2D eigenvalue weighted by Gasteiger charge is 2.57. The van der Waals surface area contributed by atoms with E-state index in [4.69, 9.17) is 46.7 Å². The molecule has 60 heavy (non-hydrogen) atoms. The minimum absolute atomic E-state index is 0.0501. The summed E-state index contributed by atoms with van der Waals surface area (Å²) in [6.07, 6.45) is 10.0. The number of alkyl carbamates (subject to hydrolysis) is 1. The first-order chi connectivity index (χ1) is 28.7. The van der Waals surface area contributed by atoms with Crippen LogP contribution in [0.25, 0.3) is 11.0 Å². The third kappa shape index (κ3) is 11.1. The zero-order chi connectivity index (χ0) is 43.0.